The van der Waals surface area contributed by atoms with Crippen molar-refractivity contribution in [2.45, 2.75) is 11.6 Å². The van der Waals surface area contributed by atoms with E-state index < -0.39 is 0 Å². The number of ether oxygens (including phenoxy) is 2. The maximum Gasteiger partial charge on any atom is 0.191 e. The lowest BCUT2D eigenvalue weighted by atomic mass is 9.96. The smallest absolute Gasteiger partial charge is 0.191 e. The molecule has 3 rings (SSSR count). The number of methoxy groups -OCH3 is 1. The highest BCUT2D eigenvalue weighted by Crippen LogP contribution is 2.36. The molecule has 1 aromatic heterocycles. The number of nitrogens with zero attached hydrogens (tertiary/aromatic N) is 2. The summed E-state index contributed by atoms with van der Waals surface area (Å²) in [7, 11) is 1.66. The van der Waals surface area contributed by atoms with Gasteiger partial charge < -0.3 is 20.5 Å². The molecular formula is C16H20N4O2S. The number of benzene rings is 1. The quantitative estimate of drug-likeness (QED) is 0.643. The number of hydrogen-bond acceptors (Lipinski definition) is 7. The summed E-state index contributed by atoms with van der Waals surface area (Å²) < 4.78 is 11.2. The van der Waals surface area contributed by atoms with E-state index in [4.69, 9.17) is 15.2 Å². The van der Waals surface area contributed by atoms with Crippen LogP contribution in [-0.4, -0.2) is 36.5 Å². The van der Waals surface area contributed by atoms with Crippen molar-refractivity contribution < 1.29 is 9.47 Å². The topological polar surface area (TPSA) is 82.3 Å². The second-order valence-corrected chi connectivity index (χ2v) is 6.15. The molecule has 0 saturated carbocycles. The van der Waals surface area contributed by atoms with Crippen molar-refractivity contribution in [3.8, 4) is 11.5 Å². The highest BCUT2D eigenvalue weighted by atomic mass is 32.2. The fraction of sp³-hybridized carbons (Fsp3) is 0.375. The van der Waals surface area contributed by atoms with Crippen molar-refractivity contribution in [1.29, 1.82) is 0 Å². The van der Waals surface area contributed by atoms with Crippen molar-refractivity contribution in [3.63, 3.8) is 0 Å². The number of rotatable bonds is 5. The lowest BCUT2D eigenvalue weighted by Gasteiger charge is -2.26. The van der Waals surface area contributed by atoms with Gasteiger partial charge in [-0.25, -0.2) is 9.97 Å². The summed E-state index contributed by atoms with van der Waals surface area (Å²) in [6, 6.07) is 7.75. The van der Waals surface area contributed by atoms with Crippen LogP contribution in [0.5, 0.6) is 11.5 Å². The molecule has 1 aromatic carbocycles. The summed E-state index contributed by atoms with van der Waals surface area (Å²) in [4.78, 5) is 8.56. The van der Waals surface area contributed by atoms with Crippen molar-refractivity contribution in [2.24, 2.45) is 5.92 Å². The van der Waals surface area contributed by atoms with Crippen LogP contribution in [0.25, 0.3) is 0 Å². The second-order valence-electron chi connectivity index (χ2n) is 5.38. The Balaban J connectivity index is 1.65. The fourth-order valence-corrected chi connectivity index (χ4v) is 3.01. The monoisotopic (exact) mass is 332 g/mol. The molecule has 7 heteroatoms. The van der Waals surface area contributed by atoms with Gasteiger partial charge >= 0.3 is 0 Å². The fourth-order valence-electron chi connectivity index (χ4n) is 2.62. The number of thioether (sulfide) groups is 1. The average Bonchev–Trinajstić information content (AvgIpc) is 2.58. The van der Waals surface area contributed by atoms with Crippen LogP contribution in [0.3, 0.4) is 0 Å². The first-order valence-electron chi connectivity index (χ1n) is 7.40. The molecule has 0 spiro atoms. The first-order valence-corrected chi connectivity index (χ1v) is 8.63. The van der Waals surface area contributed by atoms with Gasteiger partial charge in [0.25, 0.3) is 0 Å². The number of para-hydroxylation sites is 1. The van der Waals surface area contributed by atoms with Gasteiger partial charge in [0.2, 0.25) is 0 Å². The van der Waals surface area contributed by atoms with E-state index in [2.05, 4.69) is 21.4 Å². The van der Waals surface area contributed by atoms with Crippen molar-refractivity contribution in [1.82, 2.24) is 9.97 Å². The third kappa shape index (κ3) is 3.61. The molecule has 0 radical (unpaired) electrons. The molecule has 1 aliphatic heterocycles. The average molecular weight is 332 g/mol. The number of anilines is 2. The second kappa shape index (κ2) is 6.95. The highest BCUT2D eigenvalue weighted by molar-refractivity contribution is 7.98. The van der Waals surface area contributed by atoms with E-state index >= 15 is 0 Å². The Bertz CT molecular complexity index is 696. The lowest BCUT2D eigenvalue weighted by molar-refractivity contribution is 0.218. The van der Waals surface area contributed by atoms with Crippen LogP contribution < -0.4 is 20.5 Å². The van der Waals surface area contributed by atoms with Gasteiger partial charge in [-0.05, 0) is 24.3 Å². The molecule has 0 aliphatic carbocycles. The van der Waals surface area contributed by atoms with E-state index in [9.17, 15) is 0 Å². The van der Waals surface area contributed by atoms with Gasteiger partial charge in [0.1, 0.15) is 11.6 Å². The van der Waals surface area contributed by atoms with Crippen molar-refractivity contribution in [3.05, 3.63) is 29.8 Å². The number of nitrogens with two attached hydrogens (primary N) is 1. The molecule has 0 fully saturated rings. The molecule has 0 saturated heterocycles. The van der Waals surface area contributed by atoms with Crippen LogP contribution in [0.2, 0.25) is 0 Å². The molecule has 1 aliphatic rings. The Morgan fingerprint density at radius 2 is 2.30 bits per heavy atom. The molecule has 0 unspecified atom stereocenters. The third-order valence-electron chi connectivity index (χ3n) is 3.73. The molecular weight excluding hydrogens is 312 g/mol. The first kappa shape index (κ1) is 15.7. The number of aromatic nitrogens is 2. The van der Waals surface area contributed by atoms with E-state index in [0.29, 0.717) is 23.5 Å². The Kier molecular flexibility index (Phi) is 4.76. The molecule has 1 atom stereocenters. The largest absolute Gasteiger partial charge is 0.493 e. The molecule has 0 amide bonds. The first-order chi connectivity index (χ1) is 11.2. The Hall–Kier alpha value is -2.15. The minimum Gasteiger partial charge on any atom is -0.493 e. The predicted octanol–water partition coefficient (Wildman–Crippen LogP) is 2.45. The van der Waals surface area contributed by atoms with Crippen LogP contribution in [0.15, 0.2) is 29.4 Å². The molecule has 6 nitrogen and oxygen atoms in total. The summed E-state index contributed by atoms with van der Waals surface area (Å²) in [6.07, 6.45) is 2.87. The number of nitrogens with one attached hydrogen (secondary N) is 1. The molecule has 23 heavy (non-hydrogen) atoms. The van der Waals surface area contributed by atoms with Crippen molar-refractivity contribution >= 4 is 23.4 Å². The van der Waals surface area contributed by atoms with Crippen LogP contribution >= 0.6 is 11.8 Å². The SMILES string of the molecule is COc1cccc2c1OC[C@H](CNc1cc(N)nc(SC)n1)C2. The normalized spacial score (nSPS) is 16.3. The van der Waals surface area contributed by atoms with Crippen LogP contribution in [0.1, 0.15) is 5.56 Å². The zero-order chi connectivity index (χ0) is 16.2. The van der Waals surface area contributed by atoms with Crippen LogP contribution in [-0.2, 0) is 6.42 Å². The van der Waals surface area contributed by atoms with Gasteiger partial charge in [0.15, 0.2) is 16.7 Å². The van der Waals surface area contributed by atoms with Crippen LogP contribution in [0, 0.1) is 5.92 Å². The summed E-state index contributed by atoms with van der Waals surface area (Å²) in [5, 5.41) is 4.00. The van der Waals surface area contributed by atoms with Gasteiger partial charge in [-0.3, -0.25) is 0 Å². The zero-order valence-electron chi connectivity index (χ0n) is 13.2. The van der Waals surface area contributed by atoms with Gasteiger partial charge in [0, 0.05) is 18.5 Å². The standard InChI is InChI=1S/C16H20N4O2S/c1-21-12-5-3-4-11-6-10(9-22-15(11)12)8-18-14-7-13(17)19-16(20-14)23-2/h3-5,7,10H,6,8-9H2,1-2H3,(H3,17,18,19,20)/t10-/m0/s1. The molecule has 0 bridgehead atoms. The van der Waals surface area contributed by atoms with Gasteiger partial charge in [-0.2, -0.15) is 0 Å². The third-order valence-corrected chi connectivity index (χ3v) is 4.28. The van der Waals surface area contributed by atoms with Crippen molar-refractivity contribution in [2.75, 3.05) is 37.6 Å². The predicted molar refractivity (Wildman–Crippen MR) is 92.4 cm³/mol. The summed E-state index contributed by atoms with van der Waals surface area (Å²) in [6.45, 7) is 1.41. The lowest BCUT2D eigenvalue weighted by Crippen LogP contribution is -2.27. The van der Waals surface area contributed by atoms with E-state index in [1.54, 1.807) is 13.2 Å². The van der Waals surface area contributed by atoms with Crippen LogP contribution in [0.4, 0.5) is 11.6 Å². The minimum atomic E-state index is 0.364. The molecule has 2 aromatic rings. The Morgan fingerprint density at radius 3 is 3.09 bits per heavy atom. The number of nitrogen functional groups attached to an aromatic ring is 1. The van der Waals surface area contributed by atoms with Gasteiger partial charge in [-0.15, -0.1) is 0 Å². The zero-order valence-corrected chi connectivity index (χ0v) is 14.0. The maximum absolute atomic E-state index is 5.89. The number of hydrogen-bond donors (Lipinski definition) is 2. The summed E-state index contributed by atoms with van der Waals surface area (Å²) >= 11 is 1.47. The van der Waals surface area contributed by atoms with E-state index in [1.165, 1.54) is 17.3 Å². The van der Waals surface area contributed by atoms with Gasteiger partial charge in [-0.1, -0.05) is 23.9 Å². The highest BCUT2D eigenvalue weighted by Gasteiger charge is 2.22. The van der Waals surface area contributed by atoms with Gasteiger partial charge in [0.05, 0.1) is 13.7 Å². The van der Waals surface area contributed by atoms with E-state index in [-0.39, 0.29) is 0 Å². The Morgan fingerprint density at radius 1 is 1.43 bits per heavy atom. The molecule has 122 valence electrons. The molecule has 2 heterocycles. The summed E-state index contributed by atoms with van der Waals surface area (Å²) in [5.41, 5.74) is 6.97. The maximum atomic E-state index is 5.89. The Labute approximate surface area is 139 Å². The number of fused-ring (bicyclic) bond motifs is 1. The minimum absolute atomic E-state index is 0.364. The molecule has 3 N–H and O–H groups in total. The van der Waals surface area contributed by atoms with E-state index in [1.807, 2.05) is 18.4 Å². The van der Waals surface area contributed by atoms with E-state index in [0.717, 1.165) is 30.3 Å². The summed E-state index contributed by atoms with van der Waals surface area (Å²) in [5.74, 6) is 3.24.